The zero-order chi connectivity index (χ0) is 20.4. The number of benzene rings is 2. The van der Waals surface area contributed by atoms with Gasteiger partial charge >= 0.3 is 6.18 Å². The highest BCUT2D eigenvalue weighted by atomic mass is 35.5. The number of alkyl halides is 3. The van der Waals surface area contributed by atoms with Gasteiger partial charge in [-0.05, 0) is 42.5 Å². The maximum atomic E-state index is 12.9. The fourth-order valence-corrected chi connectivity index (χ4v) is 3.38. The van der Waals surface area contributed by atoms with Crippen LogP contribution >= 0.6 is 23.2 Å². The molecule has 0 unspecified atom stereocenters. The van der Waals surface area contributed by atoms with Crippen LogP contribution in [-0.2, 0) is 21.0 Å². The van der Waals surface area contributed by atoms with E-state index >= 15 is 0 Å². The van der Waals surface area contributed by atoms with E-state index in [2.05, 4.69) is 5.32 Å². The summed E-state index contributed by atoms with van der Waals surface area (Å²) >= 11 is 11.6. The van der Waals surface area contributed by atoms with Crippen LogP contribution in [0.5, 0.6) is 0 Å². The fourth-order valence-electron chi connectivity index (χ4n) is 2.13. The van der Waals surface area contributed by atoms with Crippen LogP contribution in [0.2, 0.25) is 10.0 Å². The van der Waals surface area contributed by atoms with Crippen molar-refractivity contribution in [3.63, 3.8) is 0 Å². The molecule has 0 spiro atoms. The Morgan fingerprint density at radius 3 is 2.22 bits per heavy atom. The van der Waals surface area contributed by atoms with E-state index in [0.717, 1.165) is 18.4 Å². The smallest absolute Gasteiger partial charge is 0.325 e. The number of sulfonamides is 1. The summed E-state index contributed by atoms with van der Waals surface area (Å²) < 4.78 is 63.5. The third-order valence-electron chi connectivity index (χ3n) is 3.36. The highest BCUT2D eigenvalue weighted by Crippen LogP contribution is 2.36. The molecule has 146 valence electrons. The quantitative estimate of drug-likeness (QED) is 0.748. The van der Waals surface area contributed by atoms with Crippen molar-refractivity contribution in [3.05, 3.63) is 58.1 Å². The molecule has 0 aromatic heterocycles. The van der Waals surface area contributed by atoms with Crippen LogP contribution in [0.4, 0.5) is 24.5 Å². The van der Waals surface area contributed by atoms with Crippen molar-refractivity contribution in [2.45, 2.75) is 6.18 Å². The van der Waals surface area contributed by atoms with E-state index in [1.807, 2.05) is 0 Å². The Labute approximate surface area is 163 Å². The first kappa shape index (κ1) is 21.3. The van der Waals surface area contributed by atoms with Crippen LogP contribution < -0.4 is 9.62 Å². The molecule has 0 aliphatic carbocycles. The van der Waals surface area contributed by atoms with Gasteiger partial charge in [0.15, 0.2) is 0 Å². The second-order valence-corrected chi connectivity index (χ2v) is 8.24. The van der Waals surface area contributed by atoms with Gasteiger partial charge in [-0.1, -0.05) is 23.2 Å². The summed E-state index contributed by atoms with van der Waals surface area (Å²) in [6, 6.07) is 8.23. The Hall–Kier alpha value is -1.97. The van der Waals surface area contributed by atoms with Crippen molar-refractivity contribution in [2.75, 3.05) is 22.4 Å². The summed E-state index contributed by atoms with van der Waals surface area (Å²) in [5.74, 6) is -0.767. The molecule has 0 saturated heterocycles. The van der Waals surface area contributed by atoms with Gasteiger partial charge in [-0.2, -0.15) is 13.2 Å². The molecule has 2 rings (SSSR count). The number of hydrogen-bond donors (Lipinski definition) is 1. The third-order valence-corrected chi connectivity index (χ3v) is 5.06. The lowest BCUT2D eigenvalue weighted by atomic mass is 10.2. The molecular weight excluding hydrogens is 428 g/mol. The maximum absolute atomic E-state index is 12.9. The lowest BCUT2D eigenvalue weighted by molar-refractivity contribution is -0.137. The molecule has 0 bridgehead atoms. The first-order chi connectivity index (χ1) is 12.4. The maximum Gasteiger partial charge on any atom is 0.416 e. The molecule has 0 saturated carbocycles. The number of nitrogens with one attached hydrogen (secondary N) is 1. The van der Waals surface area contributed by atoms with Gasteiger partial charge in [-0.15, -0.1) is 0 Å². The zero-order valence-electron chi connectivity index (χ0n) is 13.7. The molecule has 0 aliphatic rings. The van der Waals surface area contributed by atoms with Gasteiger partial charge in [-0.25, -0.2) is 8.42 Å². The average molecular weight is 441 g/mol. The van der Waals surface area contributed by atoms with Crippen molar-refractivity contribution in [2.24, 2.45) is 0 Å². The Bertz CT molecular complexity index is 948. The molecule has 27 heavy (non-hydrogen) atoms. The summed E-state index contributed by atoms with van der Waals surface area (Å²) in [5.41, 5.74) is -1.19. The number of nitrogens with zero attached hydrogens (tertiary/aromatic N) is 1. The molecule has 2 aromatic carbocycles. The minimum atomic E-state index is -4.70. The highest BCUT2D eigenvalue weighted by molar-refractivity contribution is 7.92. The van der Waals surface area contributed by atoms with Crippen LogP contribution in [0.3, 0.4) is 0 Å². The zero-order valence-corrected chi connectivity index (χ0v) is 16.0. The lowest BCUT2D eigenvalue weighted by Gasteiger charge is -2.24. The molecule has 0 radical (unpaired) electrons. The predicted octanol–water partition coefficient (Wildman–Crippen LogP) is 4.42. The third kappa shape index (κ3) is 5.75. The van der Waals surface area contributed by atoms with Crippen LogP contribution in [-0.4, -0.2) is 27.1 Å². The molecule has 2 aromatic rings. The SMILES string of the molecule is CS(=O)(=O)N(CC(=O)Nc1ccc(Cl)cc1)c1cc(C(F)(F)F)ccc1Cl. The first-order valence-electron chi connectivity index (χ1n) is 7.28. The molecule has 5 nitrogen and oxygen atoms in total. The van der Waals surface area contributed by atoms with Crippen LogP contribution in [0.15, 0.2) is 42.5 Å². The Morgan fingerprint density at radius 2 is 1.70 bits per heavy atom. The van der Waals surface area contributed by atoms with E-state index < -0.39 is 39.9 Å². The minimum absolute atomic E-state index is 0.243. The second-order valence-electron chi connectivity index (χ2n) is 5.49. The Balaban J connectivity index is 2.34. The van der Waals surface area contributed by atoms with E-state index in [9.17, 15) is 26.4 Å². The fraction of sp³-hybridized carbons (Fsp3) is 0.188. The molecule has 0 heterocycles. The molecule has 1 N–H and O–H groups in total. The van der Waals surface area contributed by atoms with Gasteiger partial charge in [0.25, 0.3) is 0 Å². The van der Waals surface area contributed by atoms with Crippen molar-refractivity contribution < 1.29 is 26.4 Å². The summed E-state index contributed by atoms with van der Waals surface area (Å²) in [5, 5.41) is 2.63. The topological polar surface area (TPSA) is 66.5 Å². The standard InChI is InChI=1S/C16H13Cl2F3N2O3S/c1-27(25,26)23(9-15(24)22-12-5-3-11(17)4-6-12)14-8-10(16(19,20)21)2-7-13(14)18/h2-8H,9H2,1H3,(H,22,24). The number of halogens is 5. The van der Waals surface area contributed by atoms with E-state index in [0.29, 0.717) is 21.1 Å². The molecule has 0 aliphatic heterocycles. The Kier molecular flexibility index (Phi) is 6.28. The summed E-state index contributed by atoms with van der Waals surface area (Å²) in [6.45, 7) is -0.761. The number of hydrogen-bond acceptors (Lipinski definition) is 3. The van der Waals surface area contributed by atoms with Gasteiger partial charge in [0.1, 0.15) is 6.54 Å². The van der Waals surface area contributed by atoms with Crippen molar-refractivity contribution in [3.8, 4) is 0 Å². The molecule has 0 atom stereocenters. The van der Waals surface area contributed by atoms with Gasteiger partial charge in [-0.3, -0.25) is 9.10 Å². The van der Waals surface area contributed by atoms with Crippen LogP contribution in [0, 0.1) is 0 Å². The van der Waals surface area contributed by atoms with Crippen LogP contribution in [0.25, 0.3) is 0 Å². The molecule has 0 fully saturated rings. The molecular formula is C16H13Cl2F3N2O3S. The summed E-state index contributed by atoms with van der Waals surface area (Å²) in [7, 11) is -4.10. The second kappa shape index (κ2) is 7.95. The number of carbonyl (C=O) groups is 1. The predicted molar refractivity (Wildman–Crippen MR) is 98.7 cm³/mol. The van der Waals surface area contributed by atoms with Crippen LogP contribution in [0.1, 0.15) is 5.56 Å². The number of amides is 1. The normalized spacial score (nSPS) is 11.9. The number of anilines is 2. The summed E-state index contributed by atoms with van der Waals surface area (Å²) in [6.07, 6.45) is -3.94. The van der Waals surface area contributed by atoms with E-state index in [1.54, 1.807) is 0 Å². The molecule has 11 heteroatoms. The summed E-state index contributed by atoms with van der Waals surface area (Å²) in [4.78, 5) is 12.2. The van der Waals surface area contributed by atoms with Crippen molar-refractivity contribution in [1.82, 2.24) is 0 Å². The highest BCUT2D eigenvalue weighted by Gasteiger charge is 2.33. The average Bonchev–Trinajstić information content (AvgIpc) is 2.53. The Morgan fingerprint density at radius 1 is 1.11 bits per heavy atom. The van der Waals surface area contributed by atoms with Gasteiger partial charge in [0.05, 0.1) is 22.5 Å². The van der Waals surface area contributed by atoms with E-state index in [4.69, 9.17) is 23.2 Å². The number of carbonyl (C=O) groups excluding carboxylic acids is 1. The number of rotatable bonds is 5. The van der Waals surface area contributed by atoms with Crippen molar-refractivity contribution >= 4 is 50.5 Å². The van der Waals surface area contributed by atoms with E-state index in [-0.39, 0.29) is 5.02 Å². The molecule has 1 amide bonds. The van der Waals surface area contributed by atoms with Gasteiger partial charge in [0.2, 0.25) is 15.9 Å². The van der Waals surface area contributed by atoms with E-state index in [1.165, 1.54) is 24.3 Å². The first-order valence-corrected chi connectivity index (χ1v) is 9.88. The van der Waals surface area contributed by atoms with Gasteiger partial charge < -0.3 is 5.32 Å². The van der Waals surface area contributed by atoms with Crippen molar-refractivity contribution in [1.29, 1.82) is 0 Å². The monoisotopic (exact) mass is 440 g/mol. The lowest BCUT2D eigenvalue weighted by Crippen LogP contribution is -2.37. The largest absolute Gasteiger partial charge is 0.416 e. The minimum Gasteiger partial charge on any atom is -0.325 e. The van der Waals surface area contributed by atoms with Gasteiger partial charge in [0, 0.05) is 10.7 Å².